The Bertz CT molecular complexity index is 148. The third-order valence-corrected chi connectivity index (χ3v) is 2.74. The molecule has 2 heteroatoms. The van der Waals surface area contributed by atoms with Crippen LogP contribution < -0.4 is 5.32 Å². The van der Waals surface area contributed by atoms with Gasteiger partial charge in [-0.3, -0.25) is 4.90 Å². The molecule has 1 aliphatic heterocycles. The van der Waals surface area contributed by atoms with Gasteiger partial charge in [0.2, 0.25) is 0 Å². The van der Waals surface area contributed by atoms with E-state index in [2.05, 4.69) is 30.6 Å². The predicted octanol–water partition coefficient (Wildman–Crippen LogP) is 1.25. The predicted molar refractivity (Wildman–Crippen MR) is 53.3 cm³/mol. The Morgan fingerprint density at radius 1 is 1.50 bits per heavy atom. The molecule has 0 aromatic rings. The standard InChI is InChI=1S/C10H20N2/c1-4-9(2)10(3)12-7-5-11-6-8-12/h10-11H,2,4-8H2,1,3H3. The van der Waals surface area contributed by atoms with Crippen LogP contribution in [0.4, 0.5) is 0 Å². The van der Waals surface area contributed by atoms with Gasteiger partial charge in [-0.2, -0.15) is 0 Å². The minimum absolute atomic E-state index is 0.567. The second kappa shape index (κ2) is 4.63. The number of hydrogen-bond donors (Lipinski definition) is 1. The van der Waals surface area contributed by atoms with Crippen LogP contribution in [-0.4, -0.2) is 37.1 Å². The van der Waals surface area contributed by atoms with Gasteiger partial charge in [0.05, 0.1) is 0 Å². The van der Waals surface area contributed by atoms with Crippen molar-refractivity contribution in [3.05, 3.63) is 12.2 Å². The molecule has 0 bridgehead atoms. The van der Waals surface area contributed by atoms with E-state index in [4.69, 9.17) is 0 Å². The number of hydrogen-bond acceptors (Lipinski definition) is 2. The van der Waals surface area contributed by atoms with Crippen LogP contribution in [0.2, 0.25) is 0 Å². The number of rotatable bonds is 3. The second-order valence-electron chi connectivity index (χ2n) is 3.47. The van der Waals surface area contributed by atoms with Crippen LogP contribution in [0, 0.1) is 0 Å². The summed E-state index contributed by atoms with van der Waals surface area (Å²) in [6.07, 6.45) is 1.10. The SMILES string of the molecule is C=C(CC)C(C)N1CCNCC1. The summed E-state index contributed by atoms with van der Waals surface area (Å²) in [5, 5.41) is 3.36. The summed E-state index contributed by atoms with van der Waals surface area (Å²) in [4.78, 5) is 2.50. The van der Waals surface area contributed by atoms with Crippen LogP contribution >= 0.6 is 0 Å². The zero-order valence-electron chi connectivity index (χ0n) is 8.27. The van der Waals surface area contributed by atoms with Crippen molar-refractivity contribution in [3.63, 3.8) is 0 Å². The normalized spacial score (nSPS) is 22.2. The van der Waals surface area contributed by atoms with Gasteiger partial charge in [0, 0.05) is 32.2 Å². The number of nitrogens with zero attached hydrogens (tertiary/aromatic N) is 1. The van der Waals surface area contributed by atoms with Crippen molar-refractivity contribution in [1.29, 1.82) is 0 Å². The smallest absolute Gasteiger partial charge is 0.0277 e. The summed E-state index contributed by atoms with van der Waals surface area (Å²) < 4.78 is 0. The maximum absolute atomic E-state index is 4.09. The molecule has 12 heavy (non-hydrogen) atoms. The van der Waals surface area contributed by atoms with Crippen LogP contribution in [-0.2, 0) is 0 Å². The van der Waals surface area contributed by atoms with Crippen LogP contribution in [0.1, 0.15) is 20.3 Å². The molecule has 1 heterocycles. The first-order valence-corrected chi connectivity index (χ1v) is 4.88. The fraction of sp³-hybridized carbons (Fsp3) is 0.800. The van der Waals surface area contributed by atoms with Crippen LogP contribution in [0.15, 0.2) is 12.2 Å². The largest absolute Gasteiger partial charge is 0.314 e. The van der Waals surface area contributed by atoms with Crippen molar-refractivity contribution in [2.75, 3.05) is 26.2 Å². The van der Waals surface area contributed by atoms with E-state index in [0.717, 1.165) is 19.5 Å². The molecule has 1 rings (SSSR count). The van der Waals surface area contributed by atoms with E-state index in [1.165, 1.54) is 18.7 Å². The molecule has 0 aliphatic carbocycles. The Morgan fingerprint density at radius 3 is 2.58 bits per heavy atom. The van der Waals surface area contributed by atoms with Gasteiger partial charge < -0.3 is 5.32 Å². The van der Waals surface area contributed by atoms with E-state index in [9.17, 15) is 0 Å². The molecule has 1 N–H and O–H groups in total. The molecule has 0 amide bonds. The Kier molecular flexibility index (Phi) is 3.76. The second-order valence-corrected chi connectivity index (χ2v) is 3.47. The van der Waals surface area contributed by atoms with Crippen molar-refractivity contribution in [1.82, 2.24) is 10.2 Å². The molecule has 0 aromatic carbocycles. The summed E-state index contributed by atoms with van der Waals surface area (Å²) >= 11 is 0. The monoisotopic (exact) mass is 168 g/mol. The van der Waals surface area contributed by atoms with Crippen molar-refractivity contribution in [3.8, 4) is 0 Å². The lowest BCUT2D eigenvalue weighted by molar-refractivity contribution is 0.203. The average molecular weight is 168 g/mol. The molecule has 1 unspecified atom stereocenters. The summed E-state index contributed by atoms with van der Waals surface area (Å²) in [5.41, 5.74) is 1.36. The zero-order chi connectivity index (χ0) is 8.97. The molecule has 0 radical (unpaired) electrons. The lowest BCUT2D eigenvalue weighted by Gasteiger charge is -2.33. The fourth-order valence-electron chi connectivity index (χ4n) is 1.62. The lowest BCUT2D eigenvalue weighted by atomic mass is 10.1. The third-order valence-electron chi connectivity index (χ3n) is 2.74. The summed E-state index contributed by atoms with van der Waals surface area (Å²) in [6, 6.07) is 0.567. The molecule has 1 aliphatic rings. The number of piperazine rings is 1. The van der Waals surface area contributed by atoms with E-state index in [-0.39, 0.29) is 0 Å². The molecular weight excluding hydrogens is 148 g/mol. The van der Waals surface area contributed by atoms with Gasteiger partial charge in [0.25, 0.3) is 0 Å². The average Bonchev–Trinajstić information content (AvgIpc) is 2.17. The first-order chi connectivity index (χ1) is 5.75. The molecule has 70 valence electrons. The van der Waals surface area contributed by atoms with E-state index in [0.29, 0.717) is 6.04 Å². The molecule has 1 atom stereocenters. The van der Waals surface area contributed by atoms with Crippen molar-refractivity contribution in [2.45, 2.75) is 26.3 Å². The molecular formula is C10H20N2. The van der Waals surface area contributed by atoms with E-state index < -0.39 is 0 Å². The van der Waals surface area contributed by atoms with E-state index >= 15 is 0 Å². The summed E-state index contributed by atoms with van der Waals surface area (Å²) in [7, 11) is 0. The first kappa shape index (κ1) is 9.75. The topological polar surface area (TPSA) is 15.3 Å². The number of nitrogens with one attached hydrogen (secondary N) is 1. The van der Waals surface area contributed by atoms with Gasteiger partial charge in [-0.25, -0.2) is 0 Å². The van der Waals surface area contributed by atoms with Gasteiger partial charge in [-0.1, -0.05) is 19.1 Å². The van der Waals surface area contributed by atoms with E-state index in [1.807, 2.05) is 0 Å². The quantitative estimate of drug-likeness (QED) is 0.638. The highest BCUT2D eigenvalue weighted by atomic mass is 15.2. The molecule has 0 aromatic heterocycles. The fourth-order valence-corrected chi connectivity index (χ4v) is 1.62. The zero-order valence-corrected chi connectivity index (χ0v) is 8.27. The first-order valence-electron chi connectivity index (χ1n) is 4.88. The van der Waals surface area contributed by atoms with Gasteiger partial charge in [-0.05, 0) is 13.3 Å². The minimum atomic E-state index is 0.567. The van der Waals surface area contributed by atoms with Crippen molar-refractivity contribution < 1.29 is 0 Å². The molecule has 0 spiro atoms. The van der Waals surface area contributed by atoms with Gasteiger partial charge in [0.1, 0.15) is 0 Å². The molecule has 2 nitrogen and oxygen atoms in total. The maximum atomic E-state index is 4.09. The van der Waals surface area contributed by atoms with Crippen molar-refractivity contribution >= 4 is 0 Å². The van der Waals surface area contributed by atoms with Gasteiger partial charge in [-0.15, -0.1) is 0 Å². The lowest BCUT2D eigenvalue weighted by Crippen LogP contribution is -2.47. The highest BCUT2D eigenvalue weighted by Crippen LogP contribution is 2.11. The van der Waals surface area contributed by atoms with Crippen LogP contribution in [0.3, 0.4) is 0 Å². The summed E-state index contributed by atoms with van der Waals surface area (Å²) in [5.74, 6) is 0. The van der Waals surface area contributed by atoms with Crippen LogP contribution in [0.5, 0.6) is 0 Å². The highest BCUT2D eigenvalue weighted by molar-refractivity contribution is 5.03. The maximum Gasteiger partial charge on any atom is 0.0277 e. The molecule has 1 fully saturated rings. The Balaban J connectivity index is 2.39. The van der Waals surface area contributed by atoms with E-state index in [1.54, 1.807) is 0 Å². The highest BCUT2D eigenvalue weighted by Gasteiger charge is 2.17. The minimum Gasteiger partial charge on any atom is -0.314 e. The summed E-state index contributed by atoms with van der Waals surface area (Å²) in [6.45, 7) is 13.1. The Hall–Kier alpha value is -0.340. The Morgan fingerprint density at radius 2 is 2.08 bits per heavy atom. The van der Waals surface area contributed by atoms with Crippen molar-refractivity contribution in [2.24, 2.45) is 0 Å². The van der Waals surface area contributed by atoms with Gasteiger partial charge in [0.15, 0.2) is 0 Å². The van der Waals surface area contributed by atoms with Crippen LogP contribution in [0.25, 0.3) is 0 Å². The van der Waals surface area contributed by atoms with Gasteiger partial charge >= 0.3 is 0 Å². The molecule has 1 saturated heterocycles. The Labute approximate surface area is 75.6 Å². The molecule has 0 saturated carbocycles. The third kappa shape index (κ3) is 2.32.